The Morgan fingerprint density at radius 2 is 1.00 bits per heavy atom. The zero-order valence-electron chi connectivity index (χ0n) is 15.1. The maximum absolute atomic E-state index is 10.3. The number of carboxylic acid groups (broad SMARTS) is 1. The van der Waals surface area contributed by atoms with Crippen LogP contribution >= 0.6 is 0 Å². The molecule has 0 aromatic carbocycles. The third kappa shape index (κ3) is 31.8. The molecule has 0 aromatic rings. The number of unbranched alkanes of at least 4 members (excludes halogenated alkanes) is 12. The van der Waals surface area contributed by atoms with Crippen LogP contribution in [-0.2, 0) is 15.6 Å². The van der Waals surface area contributed by atoms with Crippen LogP contribution in [0.1, 0.15) is 96.8 Å². The van der Waals surface area contributed by atoms with Crippen molar-refractivity contribution in [1.82, 2.24) is 0 Å². The van der Waals surface area contributed by atoms with Crippen LogP contribution in [0.2, 0.25) is 0 Å². The summed E-state index contributed by atoms with van der Waals surface area (Å²) in [5, 5.41) is 8.49. The molecule has 4 heteroatoms. The molecule has 0 fully saturated rings. The van der Waals surface area contributed by atoms with Crippen molar-refractivity contribution in [2.45, 2.75) is 96.8 Å². The molecule has 0 saturated carbocycles. The second kappa shape index (κ2) is 20.6. The molecule has 3 nitrogen and oxygen atoms in total. The quantitative estimate of drug-likeness (QED) is 0.424. The smallest absolute Gasteiger partial charge is 0.303 e. The molecule has 134 valence electrons. The van der Waals surface area contributed by atoms with Crippen molar-refractivity contribution in [1.29, 1.82) is 0 Å². The van der Waals surface area contributed by atoms with E-state index in [1.54, 1.807) is 12.5 Å². The summed E-state index contributed by atoms with van der Waals surface area (Å²) in [7, 11) is -0.611. The van der Waals surface area contributed by atoms with Gasteiger partial charge < -0.3 is 5.11 Å². The van der Waals surface area contributed by atoms with E-state index in [9.17, 15) is 9.00 Å². The second-order valence-electron chi connectivity index (χ2n) is 6.13. The number of hydrogen-bond acceptors (Lipinski definition) is 2. The lowest BCUT2D eigenvalue weighted by Gasteiger charge is -2.02. The summed E-state index contributed by atoms with van der Waals surface area (Å²) in [6, 6.07) is 0. The molecule has 0 saturated heterocycles. The number of aliphatic carboxylic acids is 1. The van der Waals surface area contributed by atoms with E-state index < -0.39 is 16.8 Å². The van der Waals surface area contributed by atoms with Gasteiger partial charge in [0.2, 0.25) is 0 Å². The van der Waals surface area contributed by atoms with Crippen LogP contribution in [0.3, 0.4) is 0 Å². The van der Waals surface area contributed by atoms with Gasteiger partial charge in [-0.25, -0.2) is 0 Å². The second-order valence-corrected chi connectivity index (χ2v) is 7.61. The summed E-state index contributed by atoms with van der Waals surface area (Å²) in [4.78, 5) is 10.3. The largest absolute Gasteiger partial charge is 0.481 e. The molecule has 0 aliphatic heterocycles. The van der Waals surface area contributed by atoms with Gasteiger partial charge in [0.1, 0.15) is 0 Å². The van der Waals surface area contributed by atoms with E-state index >= 15 is 0 Å². The summed E-state index contributed by atoms with van der Waals surface area (Å²) < 4.78 is 9.56. The number of carboxylic acids is 1. The molecule has 0 rings (SSSR count). The van der Waals surface area contributed by atoms with Crippen molar-refractivity contribution >= 4 is 16.8 Å². The van der Waals surface area contributed by atoms with Crippen LogP contribution in [0.25, 0.3) is 0 Å². The fraction of sp³-hybridized carbons (Fsp3) is 0.944. The molecule has 22 heavy (non-hydrogen) atoms. The Bertz CT molecular complexity index is 251. The maximum atomic E-state index is 10.3. The zero-order chi connectivity index (χ0) is 17.1. The normalized spacial score (nSPS) is 10.4. The SMILES string of the molecule is CCCCCCCCCCCCCCCC(=O)O.CS(C)=O. The predicted octanol–water partition coefficient (Wildman–Crippen LogP) is 5.55. The Kier molecular flexibility index (Phi) is 22.4. The first-order valence-electron chi connectivity index (χ1n) is 8.97. The highest BCUT2D eigenvalue weighted by molar-refractivity contribution is 7.83. The molecular weight excluding hydrogens is 296 g/mol. The predicted molar refractivity (Wildman–Crippen MR) is 97.9 cm³/mol. The average molecular weight is 335 g/mol. The highest BCUT2D eigenvalue weighted by atomic mass is 32.2. The molecule has 1 N–H and O–H groups in total. The van der Waals surface area contributed by atoms with Crippen molar-refractivity contribution in [3.05, 3.63) is 0 Å². The molecule has 0 aliphatic carbocycles. The van der Waals surface area contributed by atoms with Gasteiger partial charge in [0.15, 0.2) is 0 Å². The molecule has 0 unspecified atom stereocenters. The average Bonchev–Trinajstić information content (AvgIpc) is 2.43. The summed E-state index contributed by atoms with van der Waals surface area (Å²) in [6.45, 7) is 2.26. The molecule has 0 atom stereocenters. The standard InChI is InChI=1S/C16H32O2.C2H6OS/c1-2-3-4-5-6-7-8-9-10-11-12-13-14-15-16(17)18;1-4(2)3/h2-15H2,1H3,(H,17,18);1-2H3. The van der Waals surface area contributed by atoms with Crippen molar-refractivity contribution in [2.75, 3.05) is 12.5 Å². The minimum atomic E-state index is -0.655. The molecule has 0 aromatic heterocycles. The fourth-order valence-electron chi connectivity index (χ4n) is 2.29. The fourth-order valence-corrected chi connectivity index (χ4v) is 2.29. The molecule has 0 amide bonds. The van der Waals surface area contributed by atoms with Gasteiger partial charge in [-0.2, -0.15) is 0 Å². The van der Waals surface area contributed by atoms with Gasteiger partial charge in [0.05, 0.1) is 0 Å². The number of hydrogen-bond donors (Lipinski definition) is 1. The van der Waals surface area contributed by atoms with Gasteiger partial charge in [-0.05, 0) is 6.42 Å². The zero-order valence-corrected chi connectivity index (χ0v) is 15.9. The van der Waals surface area contributed by atoms with Gasteiger partial charge in [0.25, 0.3) is 0 Å². The summed E-state index contributed by atoms with van der Waals surface area (Å²) >= 11 is 0. The van der Waals surface area contributed by atoms with Crippen molar-refractivity contribution in [3.8, 4) is 0 Å². The molecule has 0 radical (unpaired) electrons. The molecule has 0 bridgehead atoms. The molecule has 0 spiro atoms. The van der Waals surface area contributed by atoms with E-state index in [2.05, 4.69) is 6.92 Å². The van der Waals surface area contributed by atoms with E-state index in [-0.39, 0.29) is 0 Å². The Labute approximate surface area is 140 Å². The molecular formula is C18H38O3S. The monoisotopic (exact) mass is 334 g/mol. The lowest BCUT2D eigenvalue weighted by molar-refractivity contribution is -0.137. The van der Waals surface area contributed by atoms with Crippen LogP contribution < -0.4 is 0 Å². The van der Waals surface area contributed by atoms with Gasteiger partial charge in [-0.3, -0.25) is 9.00 Å². The van der Waals surface area contributed by atoms with Crippen molar-refractivity contribution < 1.29 is 14.1 Å². The number of carbonyl (C=O) groups is 1. The van der Waals surface area contributed by atoms with Gasteiger partial charge in [-0.1, -0.05) is 84.0 Å². The summed E-state index contributed by atoms with van der Waals surface area (Å²) in [5.74, 6) is -0.655. The first-order valence-corrected chi connectivity index (χ1v) is 10.9. The Balaban J connectivity index is 0. The molecule has 0 heterocycles. The van der Waals surface area contributed by atoms with Crippen LogP contribution in [-0.4, -0.2) is 27.8 Å². The molecule has 0 aliphatic rings. The Morgan fingerprint density at radius 3 is 1.27 bits per heavy atom. The van der Waals surface area contributed by atoms with Crippen LogP contribution in [0, 0.1) is 0 Å². The Hall–Kier alpha value is -0.380. The van der Waals surface area contributed by atoms with E-state index in [0.717, 1.165) is 12.8 Å². The van der Waals surface area contributed by atoms with Crippen LogP contribution in [0.5, 0.6) is 0 Å². The summed E-state index contributed by atoms with van der Waals surface area (Å²) in [5.41, 5.74) is 0. The minimum absolute atomic E-state index is 0.345. The first kappa shape index (κ1) is 23.9. The van der Waals surface area contributed by atoms with Gasteiger partial charge in [0, 0.05) is 29.7 Å². The number of rotatable bonds is 14. The third-order valence-corrected chi connectivity index (χ3v) is 3.49. The topological polar surface area (TPSA) is 54.4 Å². The van der Waals surface area contributed by atoms with Gasteiger partial charge >= 0.3 is 5.97 Å². The van der Waals surface area contributed by atoms with E-state index in [1.807, 2.05) is 0 Å². The lowest BCUT2D eigenvalue weighted by atomic mass is 10.0. The van der Waals surface area contributed by atoms with E-state index in [1.165, 1.54) is 70.6 Å². The van der Waals surface area contributed by atoms with Crippen molar-refractivity contribution in [3.63, 3.8) is 0 Å². The maximum Gasteiger partial charge on any atom is 0.303 e. The third-order valence-electron chi connectivity index (χ3n) is 3.49. The lowest BCUT2D eigenvalue weighted by Crippen LogP contribution is -1.93. The minimum Gasteiger partial charge on any atom is -0.481 e. The van der Waals surface area contributed by atoms with E-state index in [4.69, 9.17) is 5.11 Å². The first-order chi connectivity index (χ1) is 10.5. The highest BCUT2D eigenvalue weighted by Crippen LogP contribution is 2.12. The van der Waals surface area contributed by atoms with Gasteiger partial charge in [-0.15, -0.1) is 0 Å². The van der Waals surface area contributed by atoms with Crippen LogP contribution in [0.15, 0.2) is 0 Å². The van der Waals surface area contributed by atoms with Crippen molar-refractivity contribution in [2.24, 2.45) is 0 Å². The Morgan fingerprint density at radius 1 is 0.727 bits per heavy atom. The van der Waals surface area contributed by atoms with Crippen LogP contribution in [0.4, 0.5) is 0 Å². The summed E-state index contributed by atoms with van der Waals surface area (Å²) in [6.07, 6.45) is 20.5. The van der Waals surface area contributed by atoms with E-state index in [0.29, 0.717) is 6.42 Å². The highest BCUT2D eigenvalue weighted by Gasteiger charge is 1.96.